The lowest BCUT2D eigenvalue weighted by Crippen LogP contribution is -2.17. The zero-order chi connectivity index (χ0) is 18.5. The summed E-state index contributed by atoms with van der Waals surface area (Å²) in [6, 6.07) is 15.9. The lowest BCUT2D eigenvalue weighted by atomic mass is 10.1. The van der Waals surface area contributed by atoms with Gasteiger partial charge in [-0.05, 0) is 36.8 Å². The van der Waals surface area contributed by atoms with Gasteiger partial charge in [-0.1, -0.05) is 30.3 Å². The molecule has 0 aliphatic carbocycles. The second kappa shape index (κ2) is 7.65. The molecular weight excluding hydrogens is 332 g/mol. The van der Waals surface area contributed by atoms with Crippen LogP contribution in [0.5, 0.6) is 5.75 Å². The molecule has 1 atom stereocenters. The molecular formula is C20H18N2O4. The molecule has 0 aliphatic heterocycles. The van der Waals surface area contributed by atoms with Crippen LogP contribution in [0, 0.1) is 0 Å². The van der Waals surface area contributed by atoms with Crippen LogP contribution >= 0.6 is 0 Å². The quantitative estimate of drug-likeness (QED) is 0.520. The number of ether oxygens (including phenoxy) is 2. The highest BCUT2D eigenvalue weighted by molar-refractivity contribution is 5.90. The predicted octanol–water partition coefficient (Wildman–Crippen LogP) is 3.50. The van der Waals surface area contributed by atoms with E-state index in [1.54, 1.807) is 35.2 Å². The minimum Gasteiger partial charge on any atom is -0.465 e. The summed E-state index contributed by atoms with van der Waals surface area (Å²) in [6.45, 7) is 1.99. The average molecular weight is 350 g/mol. The van der Waals surface area contributed by atoms with Gasteiger partial charge < -0.3 is 14.0 Å². The Balaban J connectivity index is 1.77. The molecule has 3 rings (SSSR count). The normalized spacial score (nSPS) is 11.6. The van der Waals surface area contributed by atoms with Crippen LogP contribution in [0.3, 0.4) is 0 Å². The summed E-state index contributed by atoms with van der Waals surface area (Å²) >= 11 is 0. The van der Waals surface area contributed by atoms with E-state index in [1.165, 1.54) is 13.3 Å². The Hall–Kier alpha value is -3.41. The van der Waals surface area contributed by atoms with Crippen molar-refractivity contribution in [2.75, 3.05) is 7.11 Å². The fourth-order valence-corrected chi connectivity index (χ4v) is 2.60. The van der Waals surface area contributed by atoms with Crippen molar-refractivity contribution >= 4 is 11.9 Å². The molecule has 0 bridgehead atoms. The van der Waals surface area contributed by atoms with Crippen molar-refractivity contribution in [1.82, 2.24) is 9.55 Å². The van der Waals surface area contributed by atoms with Crippen molar-refractivity contribution in [3.63, 3.8) is 0 Å². The molecule has 0 amide bonds. The Morgan fingerprint density at radius 3 is 2.35 bits per heavy atom. The number of nitrogens with zero attached hydrogens (tertiary/aromatic N) is 2. The molecule has 1 aromatic heterocycles. The Labute approximate surface area is 151 Å². The third-order valence-electron chi connectivity index (χ3n) is 4.06. The third-order valence-corrected chi connectivity index (χ3v) is 4.06. The average Bonchev–Trinajstić information content (AvgIpc) is 3.18. The van der Waals surface area contributed by atoms with E-state index >= 15 is 0 Å². The fourth-order valence-electron chi connectivity index (χ4n) is 2.60. The molecule has 26 heavy (non-hydrogen) atoms. The number of carbonyl (C=O) groups is 2. The molecule has 0 aliphatic rings. The number of benzene rings is 2. The molecule has 2 aromatic carbocycles. The van der Waals surface area contributed by atoms with Crippen LogP contribution in [0.2, 0.25) is 0 Å². The van der Waals surface area contributed by atoms with Gasteiger partial charge in [-0.15, -0.1) is 0 Å². The first-order valence-electron chi connectivity index (χ1n) is 8.07. The van der Waals surface area contributed by atoms with E-state index in [0.29, 0.717) is 17.0 Å². The van der Waals surface area contributed by atoms with Gasteiger partial charge >= 0.3 is 11.9 Å². The van der Waals surface area contributed by atoms with E-state index in [9.17, 15) is 9.59 Å². The summed E-state index contributed by atoms with van der Waals surface area (Å²) in [5.41, 5.74) is 1.79. The fraction of sp³-hybridized carbons (Fsp3) is 0.150. The highest BCUT2D eigenvalue weighted by atomic mass is 16.5. The van der Waals surface area contributed by atoms with E-state index in [2.05, 4.69) is 9.72 Å². The number of rotatable bonds is 5. The standard InChI is InChI=1S/C20H18N2O4/c1-14(15-6-4-3-5-7-15)22-13-21-12-18(22)20(24)26-17-10-8-16(9-11-17)19(23)25-2/h3-14H,1-2H3. The van der Waals surface area contributed by atoms with Gasteiger partial charge in [0.05, 0.1) is 31.2 Å². The minimum absolute atomic E-state index is 0.0667. The van der Waals surface area contributed by atoms with Crippen molar-refractivity contribution in [3.8, 4) is 5.75 Å². The second-order valence-electron chi connectivity index (χ2n) is 5.68. The molecule has 0 saturated heterocycles. The van der Waals surface area contributed by atoms with E-state index in [1.807, 2.05) is 37.3 Å². The van der Waals surface area contributed by atoms with Gasteiger partial charge in [0.15, 0.2) is 0 Å². The van der Waals surface area contributed by atoms with Gasteiger partial charge in [-0.2, -0.15) is 0 Å². The molecule has 1 heterocycles. The number of hydrogen-bond acceptors (Lipinski definition) is 5. The van der Waals surface area contributed by atoms with E-state index in [4.69, 9.17) is 4.74 Å². The molecule has 0 saturated carbocycles. The van der Waals surface area contributed by atoms with Crippen LogP contribution in [0.25, 0.3) is 0 Å². The van der Waals surface area contributed by atoms with E-state index in [-0.39, 0.29) is 6.04 Å². The van der Waals surface area contributed by atoms with E-state index < -0.39 is 11.9 Å². The first-order chi connectivity index (χ1) is 12.6. The summed E-state index contributed by atoms with van der Waals surface area (Å²) in [7, 11) is 1.31. The largest absolute Gasteiger partial charge is 0.465 e. The third kappa shape index (κ3) is 3.64. The maximum atomic E-state index is 12.5. The van der Waals surface area contributed by atoms with Gasteiger partial charge in [0.25, 0.3) is 0 Å². The van der Waals surface area contributed by atoms with Crippen molar-refractivity contribution in [3.05, 3.63) is 83.9 Å². The monoisotopic (exact) mass is 350 g/mol. The molecule has 0 spiro atoms. The Morgan fingerprint density at radius 2 is 1.69 bits per heavy atom. The molecule has 132 valence electrons. The maximum absolute atomic E-state index is 12.5. The predicted molar refractivity (Wildman–Crippen MR) is 95.2 cm³/mol. The smallest absolute Gasteiger partial charge is 0.362 e. The second-order valence-corrected chi connectivity index (χ2v) is 5.68. The van der Waals surface area contributed by atoms with Crippen molar-refractivity contribution in [1.29, 1.82) is 0 Å². The topological polar surface area (TPSA) is 70.4 Å². The Kier molecular flexibility index (Phi) is 5.12. The van der Waals surface area contributed by atoms with Gasteiger partial charge in [-0.25, -0.2) is 14.6 Å². The number of methoxy groups -OCH3 is 1. The molecule has 3 aromatic rings. The SMILES string of the molecule is COC(=O)c1ccc(OC(=O)c2cncn2C(C)c2ccccc2)cc1. The first kappa shape index (κ1) is 17.4. The molecule has 0 radical (unpaired) electrons. The van der Waals surface area contributed by atoms with Gasteiger partial charge in [0, 0.05) is 0 Å². The van der Waals surface area contributed by atoms with Crippen molar-refractivity contribution in [2.24, 2.45) is 0 Å². The van der Waals surface area contributed by atoms with Crippen LogP contribution in [0.15, 0.2) is 67.1 Å². The number of esters is 2. The van der Waals surface area contributed by atoms with Crippen molar-refractivity contribution < 1.29 is 19.1 Å². The van der Waals surface area contributed by atoms with Gasteiger partial charge in [0.1, 0.15) is 11.4 Å². The van der Waals surface area contributed by atoms with Crippen LogP contribution in [-0.2, 0) is 4.74 Å². The van der Waals surface area contributed by atoms with Crippen molar-refractivity contribution in [2.45, 2.75) is 13.0 Å². The summed E-state index contributed by atoms with van der Waals surface area (Å²) in [5, 5.41) is 0. The van der Waals surface area contributed by atoms with Crippen LogP contribution in [0.4, 0.5) is 0 Å². The van der Waals surface area contributed by atoms with Crippen LogP contribution in [0.1, 0.15) is 39.4 Å². The zero-order valence-electron chi connectivity index (χ0n) is 14.5. The minimum atomic E-state index is -0.518. The highest BCUT2D eigenvalue weighted by Crippen LogP contribution is 2.21. The van der Waals surface area contributed by atoms with E-state index in [0.717, 1.165) is 5.56 Å². The Bertz CT molecular complexity index is 901. The zero-order valence-corrected chi connectivity index (χ0v) is 14.5. The Morgan fingerprint density at radius 1 is 1.00 bits per heavy atom. The summed E-state index contributed by atoms with van der Waals surface area (Å²) in [5.74, 6) is -0.628. The molecule has 6 heteroatoms. The summed E-state index contributed by atoms with van der Waals surface area (Å²) in [4.78, 5) is 28.1. The number of hydrogen-bond donors (Lipinski definition) is 0. The lowest BCUT2D eigenvalue weighted by molar-refractivity contribution is 0.0600. The number of aromatic nitrogens is 2. The molecule has 0 N–H and O–H groups in total. The summed E-state index contributed by atoms with van der Waals surface area (Å²) < 4.78 is 11.8. The van der Waals surface area contributed by atoms with Crippen LogP contribution < -0.4 is 4.74 Å². The highest BCUT2D eigenvalue weighted by Gasteiger charge is 2.19. The molecule has 1 unspecified atom stereocenters. The summed E-state index contributed by atoms with van der Waals surface area (Å²) in [6.07, 6.45) is 3.08. The van der Waals surface area contributed by atoms with Gasteiger partial charge in [0.2, 0.25) is 0 Å². The van der Waals surface area contributed by atoms with Crippen LogP contribution in [-0.4, -0.2) is 28.6 Å². The lowest BCUT2D eigenvalue weighted by Gasteiger charge is -2.16. The number of carbonyl (C=O) groups excluding carboxylic acids is 2. The molecule has 0 fully saturated rings. The first-order valence-corrected chi connectivity index (χ1v) is 8.07. The van der Waals surface area contributed by atoms with Gasteiger partial charge in [-0.3, -0.25) is 0 Å². The maximum Gasteiger partial charge on any atom is 0.362 e. The number of imidazole rings is 1. The molecule has 6 nitrogen and oxygen atoms in total.